The van der Waals surface area contributed by atoms with Gasteiger partial charge in [-0.3, -0.25) is 4.98 Å². The fraction of sp³-hybridized carbons (Fsp3) is 0.133. The minimum Gasteiger partial charge on any atom is -0.448 e. The molecule has 0 aliphatic rings. The largest absolute Gasteiger partial charge is 0.448 e. The van der Waals surface area contributed by atoms with Crippen LogP contribution in [0.1, 0.15) is 17.5 Å². The van der Waals surface area contributed by atoms with Gasteiger partial charge in [0.25, 0.3) is 0 Å². The molecule has 96 valence electrons. The molecule has 2 aromatic heterocycles. The number of fused-ring (bicyclic) bond motifs is 1. The van der Waals surface area contributed by atoms with E-state index in [1.165, 1.54) is 0 Å². The third kappa shape index (κ3) is 2.62. The van der Waals surface area contributed by atoms with Gasteiger partial charge in [-0.2, -0.15) is 0 Å². The van der Waals surface area contributed by atoms with Crippen LogP contribution in [0.25, 0.3) is 10.9 Å². The Morgan fingerprint density at radius 3 is 2.74 bits per heavy atom. The van der Waals surface area contributed by atoms with Gasteiger partial charge >= 0.3 is 0 Å². The summed E-state index contributed by atoms with van der Waals surface area (Å²) in [5, 5.41) is 1.48. The fourth-order valence-corrected chi connectivity index (χ4v) is 2.23. The molecule has 3 rings (SSSR count). The highest BCUT2D eigenvalue weighted by Crippen LogP contribution is 2.21. The van der Waals surface area contributed by atoms with E-state index in [0.717, 1.165) is 16.6 Å². The molecule has 2 N–H and O–H groups in total. The molecule has 0 spiro atoms. The summed E-state index contributed by atoms with van der Waals surface area (Å²) in [4.78, 5) is 4.59. The van der Waals surface area contributed by atoms with Gasteiger partial charge in [0, 0.05) is 17.5 Å². The maximum absolute atomic E-state index is 6.09. The van der Waals surface area contributed by atoms with Crippen LogP contribution in [0.4, 0.5) is 0 Å². The molecule has 3 aromatic rings. The molecule has 1 unspecified atom stereocenters. The van der Waals surface area contributed by atoms with Gasteiger partial charge < -0.3 is 10.2 Å². The highest BCUT2D eigenvalue weighted by atomic mass is 35.5. The van der Waals surface area contributed by atoms with Crippen LogP contribution in [-0.4, -0.2) is 4.98 Å². The number of furan rings is 1. The standard InChI is InChI=1S/C15H13ClN2O/c16-15-8-7-14(19-15)12(17)9-11-6-5-10-3-1-2-4-13(10)18-11/h1-8,12H,9,17H2. The van der Waals surface area contributed by atoms with Crippen LogP contribution in [0, 0.1) is 0 Å². The molecule has 1 aromatic carbocycles. The molecular weight excluding hydrogens is 260 g/mol. The van der Waals surface area contributed by atoms with Crippen molar-refractivity contribution < 1.29 is 4.42 Å². The van der Waals surface area contributed by atoms with Gasteiger partial charge in [0.1, 0.15) is 5.76 Å². The number of aromatic nitrogens is 1. The van der Waals surface area contributed by atoms with Gasteiger partial charge in [0.2, 0.25) is 0 Å². The van der Waals surface area contributed by atoms with Crippen LogP contribution >= 0.6 is 11.6 Å². The number of para-hydroxylation sites is 1. The van der Waals surface area contributed by atoms with Gasteiger partial charge in [-0.1, -0.05) is 24.3 Å². The second kappa shape index (κ2) is 5.03. The summed E-state index contributed by atoms with van der Waals surface area (Å²) in [6, 6.07) is 15.3. The normalized spacial score (nSPS) is 12.7. The molecule has 0 saturated heterocycles. The first-order chi connectivity index (χ1) is 9.22. The highest BCUT2D eigenvalue weighted by molar-refractivity contribution is 6.28. The van der Waals surface area contributed by atoms with E-state index in [-0.39, 0.29) is 6.04 Å². The molecule has 0 radical (unpaired) electrons. The first-order valence-electron chi connectivity index (χ1n) is 6.08. The fourth-order valence-electron chi connectivity index (χ4n) is 2.08. The van der Waals surface area contributed by atoms with Crippen molar-refractivity contribution in [3.63, 3.8) is 0 Å². The van der Waals surface area contributed by atoms with E-state index < -0.39 is 0 Å². The van der Waals surface area contributed by atoms with Crippen molar-refractivity contribution in [1.29, 1.82) is 0 Å². The van der Waals surface area contributed by atoms with Crippen molar-refractivity contribution in [3.8, 4) is 0 Å². The van der Waals surface area contributed by atoms with Gasteiger partial charge in [-0.25, -0.2) is 0 Å². The summed E-state index contributed by atoms with van der Waals surface area (Å²) in [5.41, 5.74) is 8.01. The maximum atomic E-state index is 6.09. The topological polar surface area (TPSA) is 52.0 Å². The number of halogens is 1. The summed E-state index contributed by atoms with van der Waals surface area (Å²) in [5.74, 6) is 0.681. The molecule has 4 heteroatoms. The number of rotatable bonds is 3. The second-order valence-electron chi connectivity index (χ2n) is 4.45. The minimum absolute atomic E-state index is 0.235. The zero-order valence-corrected chi connectivity index (χ0v) is 11.0. The quantitative estimate of drug-likeness (QED) is 0.790. The van der Waals surface area contributed by atoms with E-state index in [1.54, 1.807) is 12.1 Å². The van der Waals surface area contributed by atoms with E-state index in [0.29, 0.717) is 17.4 Å². The lowest BCUT2D eigenvalue weighted by Crippen LogP contribution is -2.13. The molecule has 0 bridgehead atoms. The Hall–Kier alpha value is -1.84. The second-order valence-corrected chi connectivity index (χ2v) is 4.82. The number of nitrogens with zero attached hydrogens (tertiary/aromatic N) is 1. The molecule has 1 atom stereocenters. The van der Waals surface area contributed by atoms with E-state index in [4.69, 9.17) is 21.8 Å². The lowest BCUT2D eigenvalue weighted by Gasteiger charge is -2.08. The van der Waals surface area contributed by atoms with Crippen LogP contribution in [-0.2, 0) is 6.42 Å². The van der Waals surface area contributed by atoms with Gasteiger partial charge in [0.05, 0.1) is 11.6 Å². The summed E-state index contributed by atoms with van der Waals surface area (Å²) < 4.78 is 5.32. The number of benzene rings is 1. The van der Waals surface area contributed by atoms with Crippen molar-refractivity contribution in [2.24, 2.45) is 5.73 Å². The van der Waals surface area contributed by atoms with Crippen molar-refractivity contribution in [2.75, 3.05) is 0 Å². The van der Waals surface area contributed by atoms with Crippen molar-refractivity contribution in [3.05, 3.63) is 65.2 Å². The average Bonchev–Trinajstić information content (AvgIpc) is 2.85. The average molecular weight is 273 g/mol. The van der Waals surface area contributed by atoms with Crippen LogP contribution < -0.4 is 5.73 Å². The maximum Gasteiger partial charge on any atom is 0.193 e. The molecule has 0 aliphatic carbocycles. The summed E-state index contributed by atoms with van der Waals surface area (Å²) in [6.07, 6.45) is 0.620. The van der Waals surface area contributed by atoms with E-state index in [1.807, 2.05) is 30.3 Å². The SMILES string of the molecule is NC(Cc1ccc2ccccc2n1)c1ccc(Cl)o1. The molecule has 0 amide bonds. The molecule has 2 heterocycles. The summed E-state index contributed by atoms with van der Waals surface area (Å²) in [6.45, 7) is 0. The zero-order chi connectivity index (χ0) is 13.2. The first-order valence-corrected chi connectivity index (χ1v) is 6.45. The molecule has 0 aliphatic heterocycles. The molecule has 19 heavy (non-hydrogen) atoms. The van der Waals surface area contributed by atoms with Gasteiger partial charge in [-0.05, 0) is 35.9 Å². The Labute approximate surface area is 116 Å². The zero-order valence-electron chi connectivity index (χ0n) is 10.2. The van der Waals surface area contributed by atoms with Gasteiger partial charge in [-0.15, -0.1) is 0 Å². The number of hydrogen-bond donors (Lipinski definition) is 1. The molecule has 3 nitrogen and oxygen atoms in total. The van der Waals surface area contributed by atoms with Crippen LogP contribution in [0.2, 0.25) is 5.22 Å². The Morgan fingerprint density at radius 2 is 1.95 bits per heavy atom. The Balaban J connectivity index is 1.84. The molecular formula is C15H13ClN2O. The Kier molecular flexibility index (Phi) is 3.23. The predicted molar refractivity (Wildman–Crippen MR) is 76.1 cm³/mol. The van der Waals surface area contributed by atoms with Crippen LogP contribution in [0.5, 0.6) is 0 Å². The van der Waals surface area contributed by atoms with Crippen molar-refractivity contribution in [2.45, 2.75) is 12.5 Å². The van der Waals surface area contributed by atoms with E-state index >= 15 is 0 Å². The van der Waals surface area contributed by atoms with Crippen LogP contribution in [0.3, 0.4) is 0 Å². The van der Waals surface area contributed by atoms with Crippen molar-refractivity contribution >= 4 is 22.5 Å². The number of hydrogen-bond acceptors (Lipinski definition) is 3. The smallest absolute Gasteiger partial charge is 0.193 e. The van der Waals surface area contributed by atoms with Crippen LogP contribution in [0.15, 0.2) is 52.9 Å². The third-order valence-corrected chi connectivity index (χ3v) is 3.25. The van der Waals surface area contributed by atoms with Gasteiger partial charge in [0.15, 0.2) is 5.22 Å². The summed E-state index contributed by atoms with van der Waals surface area (Å²) in [7, 11) is 0. The van der Waals surface area contributed by atoms with E-state index in [9.17, 15) is 0 Å². The monoisotopic (exact) mass is 272 g/mol. The number of nitrogens with two attached hydrogens (primary N) is 1. The molecule has 0 fully saturated rings. The Morgan fingerprint density at radius 1 is 1.11 bits per heavy atom. The Bertz CT molecular complexity index is 708. The molecule has 0 saturated carbocycles. The lowest BCUT2D eigenvalue weighted by atomic mass is 10.1. The number of pyridine rings is 1. The third-order valence-electron chi connectivity index (χ3n) is 3.04. The lowest BCUT2D eigenvalue weighted by molar-refractivity contribution is 0.464. The van der Waals surface area contributed by atoms with Crippen molar-refractivity contribution in [1.82, 2.24) is 4.98 Å². The highest BCUT2D eigenvalue weighted by Gasteiger charge is 2.12. The van der Waals surface area contributed by atoms with E-state index in [2.05, 4.69) is 11.1 Å². The first kappa shape index (κ1) is 12.2. The minimum atomic E-state index is -0.235. The predicted octanol–water partition coefficient (Wildman–Crippen LogP) is 3.72. The summed E-state index contributed by atoms with van der Waals surface area (Å²) >= 11 is 5.75.